The largest absolute Gasteiger partial charge is 0.370 e. The summed E-state index contributed by atoms with van der Waals surface area (Å²) in [5.74, 6) is 0.697. The highest BCUT2D eigenvalue weighted by molar-refractivity contribution is 5.94. The monoisotopic (exact) mass is 273 g/mol. The Balaban J connectivity index is 2.04. The molecule has 2 aromatic heterocycles. The first-order valence-electron chi connectivity index (χ1n) is 6.63. The SMILES string of the molecule is CCCNc1cc(C(=O)N(C)Cc2cn[nH]c2)ccn1. The first-order chi connectivity index (χ1) is 9.70. The molecule has 2 N–H and O–H groups in total. The number of pyridine rings is 1. The maximum Gasteiger partial charge on any atom is 0.254 e. The van der Waals surface area contributed by atoms with Crippen LogP contribution >= 0.6 is 0 Å². The van der Waals surface area contributed by atoms with E-state index in [9.17, 15) is 4.79 Å². The predicted molar refractivity (Wildman–Crippen MR) is 77.4 cm³/mol. The molecule has 0 aliphatic rings. The summed E-state index contributed by atoms with van der Waals surface area (Å²) in [5, 5.41) is 9.79. The predicted octanol–water partition coefficient (Wildman–Crippen LogP) is 1.90. The fourth-order valence-corrected chi connectivity index (χ4v) is 1.84. The number of aromatic nitrogens is 3. The van der Waals surface area contributed by atoms with Gasteiger partial charge in [0, 0.05) is 43.7 Å². The van der Waals surface area contributed by atoms with Crippen LogP contribution in [-0.4, -0.2) is 39.6 Å². The van der Waals surface area contributed by atoms with Crippen LogP contribution in [0.3, 0.4) is 0 Å². The number of carbonyl (C=O) groups is 1. The summed E-state index contributed by atoms with van der Waals surface area (Å²) >= 11 is 0. The molecule has 0 bridgehead atoms. The van der Waals surface area contributed by atoms with E-state index in [0.717, 1.165) is 24.3 Å². The number of hydrogen-bond donors (Lipinski definition) is 2. The van der Waals surface area contributed by atoms with Gasteiger partial charge in [-0.05, 0) is 18.6 Å². The Hall–Kier alpha value is -2.37. The first kappa shape index (κ1) is 14.0. The number of aromatic amines is 1. The van der Waals surface area contributed by atoms with Crippen molar-refractivity contribution >= 4 is 11.7 Å². The lowest BCUT2D eigenvalue weighted by Gasteiger charge is -2.16. The van der Waals surface area contributed by atoms with E-state index in [-0.39, 0.29) is 5.91 Å². The zero-order valence-electron chi connectivity index (χ0n) is 11.8. The van der Waals surface area contributed by atoms with Gasteiger partial charge in [-0.3, -0.25) is 9.89 Å². The number of nitrogens with one attached hydrogen (secondary N) is 2. The highest BCUT2D eigenvalue weighted by atomic mass is 16.2. The molecule has 0 radical (unpaired) electrons. The third kappa shape index (κ3) is 3.57. The van der Waals surface area contributed by atoms with Gasteiger partial charge >= 0.3 is 0 Å². The molecule has 0 aliphatic heterocycles. The number of hydrogen-bond acceptors (Lipinski definition) is 4. The van der Waals surface area contributed by atoms with Crippen LogP contribution in [0.15, 0.2) is 30.7 Å². The summed E-state index contributed by atoms with van der Waals surface area (Å²) in [6.45, 7) is 3.45. The summed E-state index contributed by atoms with van der Waals surface area (Å²) in [5.41, 5.74) is 1.60. The zero-order chi connectivity index (χ0) is 14.4. The Morgan fingerprint density at radius 3 is 3.05 bits per heavy atom. The highest BCUT2D eigenvalue weighted by Crippen LogP contribution is 2.11. The Morgan fingerprint density at radius 1 is 1.50 bits per heavy atom. The minimum absolute atomic E-state index is 0.0341. The molecule has 2 rings (SSSR count). The topological polar surface area (TPSA) is 73.9 Å². The molecule has 0 saturated carbocycles. The van der Waals surface area contributed by atoms with Crippen molar-refractivity contribution in [1.29, 1.82) is 0 Å². The number of H-pyrrole nitrogens is 1. The summed E-state index contributed by atoms with van der Waals surface area (Å²) in [7, 11) is 1.77. The van der Waals surface area contributed by atoms with Gasteiger partial charge in [-0.2, -0.15) is 5.10 Å². The van der Waals surface area contributed by atoms with E-state index in [1.54, 1.807) is 42.7 Å². The number of carbonyl (C=O) groups excluding carboxylic acids is 1. The summed E-state index contributed by atoms with van der Waals surface area (Å²) in [4.78, 5) is 18.2. The van der Waals surface area contributed by atoms with Crippen molar-refractivity contribution in [2.24, 2.45) is 0 Å². The third-order valence-corrected chi connectivity index (χ3v) is 2.88. The first-order valence-corrected chi connectivity index (χ1v) is 6.63. The molecule has 6 heteroatoms. The lowest BCUT2D eigenvalue weighted by molar-refractivity contribution is 0.0785. The van der Waals surface area contributed by atoms with E-state index < -0.39 is 0 Å². The summed E-state index contributed by atoms with van der Waals surface area (Å²) in [6, 6.07) is 3.51. The van der Waals surface area contributed by atoms with Crippen LogP contribution < -0.4 is 5.32 Å². The number of rotatable bonds is 6. The molecule has 2 heterocycles. The van der Waals surface area contributed by atoms with Crippen LogP contribution in [0.4, 0.5) is 5.82 Å². The van der Waals surface area contributed by atoms with E-state index in [2.05, 4.69) is 27.4 Å². The maximum atomic E-state index is 12.3. The lowest BCUT2D eigenvalue weighted by atomic mass is 10.2. The van der Waals surface area contributed by atoms with Gasteiger partial charge in [-0.25, -0.2) is 4.98 Å². The molecule has 6 nitrogen and oxygen atoms in total. The van der Waals surface area contributed by atoms with Crippen LogP contribution in [0.5, 0.6) is 0 Å². The molecule has 20 heavy (non-hydrogen) atoms. The molecule has 106 valence electrons. The Bertz CT molecular complexity index is 552. The van der Waals surface area contributed by atoms with Crippen molar-refractivity contribution in [2.75, 3.05) is 18.9 Å². The molecular weight excluding hydrogens is 254 g/mol. The van der Waals surface area contributed by atoms with Crippen LogP contribution in [-0.2, 0) is 6.54 Å². The van der Waals surface area contributed by atoms with Gasteiger partial charge in [-0.15, -0.1) is 0 Å². The Labute approximate surface area is 118 Å². The maximum absolute atomic E-state index is 12.3. The number of anilines is 1. The average Bonchev–Trinajstić information content (AvgIpc) is 2.97. The van der Waals surface area contributed by atoms with E-state index in [1.165, 1.54) is 0 Å². The molecule has 0 saturated heterocycles. The fourth-order valence-electron chi connectivity index (χ4n) is 1.84. The second-order valence-corrected chi connectivity index (χ2v) is 4.62. The minimum atomic E-state index is -0.0341. The van der Waals surface area contributed by atoms with Gasteiger partial charge < -0.3 is 10.2 Å². The number of nitrogens with zero attached hydrogens (tertiary/aromatic N) is 3. The van der Waals surface area contributed by atoms with Crippen LogP contribution in [0, 0.1) is 0 Å². The van der Waals surface area contributed by atoms with Crippen molar-refractivity contribution in [3.63, 3.8) is 0 Å². The van der Waals surface area contributed by atoms with Gasteiger partial charge in [0.1, 0.15) is 5.82 Å². The Kier molecular flexibility index (Phi) is 4.70. The van der Waals surface area contributed by atoms with Crippen LogP contribution in [0.2, 0.25) is 0 Å². The molecule has 0 atom stereocenters. The van der Waals surface area contributed by atoms with E-state index in [0.29, 0.717) is 12.1 Å². The molecule has 0 aromatic carbocycles. The van der Waals surface area contributed by atoms with Gasteiger partial charge in [0.05, 0.1) is 6.20 Å². The minimum Gasteiger partial charge on any atom is -0.370 e. The third-order valence-electron chi connectivity index (χ3n) is 2.88. The zero-order valence-corrected chi connectivity index (χ0v) is 11.8. The van der Waals surface area contributed by atoms with Gasteiger partial charge in [0.15, 0.2) is 0 Å². The second-order valence-electron chi connectivity index (χ2n) is 4.62. The summed E-state index contributed by atoms with van der Waals surface area (Å²) in [6.07, 6.45) is 6.16. The molecule has 2 aromatic rings. The average molecular weight is 273 g/mol. The molecular formula is C14H19N5O. The van der Waals surface area contributed by atoms with Gasteiger partial charge in [0.25, 0.3) is 5.91 Å². The van der Waals surface area contributed by atoms with Crippen molar-refractivity contribution in [1.82, 2.24) is 20.1 Å². The van der Waals surface area contributed by atoms with E-state index >= 15 is 0 Å². The fraction of sp³-hybridized carbons (Fsp3) is 0.357. The van der Waals surface area contributed by atoms with Crippen molar-refractivity contribution in [2.45, 2.75) is 19.9 Å². The molecule has 0 unspecified atom stereocenters. The molecule has 0 fully saturated rings. The second kappa shape index (κ2) is 6.70. The van der Waals surface area contributed by atoms with Gasteiger partial charge in [-0.1, -0.05) is 6.92 Å². The molecule has 1 amide bonds. The van der Waals surface area contributed by atoms with E-state index in [1.807, 2.05) is 0 Å². The number of amides is 1. The van der Waals surface area contributed by atoms with Crippen molar-refractivity contribution < 1.29 is 4.79 Å². The van der Waals surface area contributed by atoms with Crippen molar-refractivity contribution in [3.8, 4) is 0 Å². The van der Waals surface area contributed by atoms with Crippen LogP contribution in [0.25, 0.3) is 0 Å². The quantitative estimate of drug-likeness (QED) is 0.843. The normalized spacial score (nSPS) is 10.3. The standard InChI is InChI=1S/C14H19N5O/c1-3-5-15-13-7-12(4-6-16-13)14(20)19(2)10-11-8-17-18-9-11/h4,6-9H,3,5,10H2,1-2H3,(H,15,16)(H,17,18). The molecule has 0 aliphatic carbocycles. The van der Waals surface area contributed by atoms with Gasteiger partial charge in [0.2, 0.25) is 0 Å². The summed E-state index contributed by atoms with van der Waals surface area (Å²) < 4.78 is 0. The Morgan fingerprint density at radius 2 is 2.35 bits per heavy atom. The van der Waals surface area contributed by atoms with Crippen LogP contribution in [0.1, 0.15) is 29.3 Å². The van der Waals surface area contributed by atoms with E-state index in [4.69, 9.17) is 0 Å². The smallest absolute Gasteiger partial charge is 0.254 e. The molecule has 0 spiro atoms. The highest BCUT2D eigenvalue weighted by Gasteiger charge is 2.13. The van der Waals surface area contributed by atoms with Crippen molar-refractivity contribution in [3.05, 3.63) is 41.9 Å². The lowest BCUT2D eigenvalue weighted by Crippen LogP contribution is -2.26.